The SMILES string of the molecule is CC(CO)NCc1cc(Br)cc([N+](=O)[O-])c1. The van der Waals surface area contributed by atoms with E-state index in [1.165, 1.54) is 12.1 Å². The number of aliphatic hydroxyl groups is 1. The maximum Gasteiger partial charge on any atom is 0.270 e. The molecular weight excluding hydrogens is 276 g/mol. The summed E-state index contributed by atoms with van der Waals surface area (Å²) in [7, 11) is 0. The van der Waals surface area contributed by atoms with E-state index in [4.69, 9.17) is 5.11 Å². The van der Waals surface area contributed by atoms with Crippen LogP contribution in [0, 0.1) is 10.1 Å². The van der Waals surface area contributed by atoms with Crippen LogP contribution in [0.5, 0.6) is 0 Å². The molecule has 1 unspecified atom stereocenters. The molecule has 1 aromatic carbocycles. The molecule has 0 fully saturated rings. The van der Waals surface area contributed by atoms with Gasteiger partial charge in [0.15, 0.2) is 0 Å². The molecule has 0 spiro atoms. The highest BCUT2D eigenvalue weighted by Crippen LogP contribution is 2.21. The van der Waals surface area contributed by atoms with Gasteiger partial charge in [0.2, 0.25) is 0 Å². The molecule has 1 rings (SSSR count). The molecule has 0 aliphatic carbocycles. The number of hydrogen-bond acceptors (Lipinski definition) is 4. The molecule has 0 saturated carbocycles. The lowest BCUT2D eigenvalue weighted by molar-refractivity contribution is -0.385. The zero-order valence-electron chi connectivity index (χ0n) is 8.81. The van der Waals surface area contributed by atoms with Crippen LogP contribution in [0.2, 0.25) is 0 Å². The van der Waals surface area contributed by atoms with Crippen LogP contribution >= 0.6 is 15.9 Å². The molecule has 0 amide bonds. The predicted molar refractivity (Wildman–Crippen MR) is 64.2 cm³/mol. The number of non-ortho nitro benzene ring substituents is 1. The molecule has 5 nitrogen and oxygen atoms in total. The lowest BCUT2D eigenvalue weighted by atomic mass is 10.2. The summed E-state index contributed by atoms with van der Waals surface area (Å²) in [6.45, 7) is 2.37. The second-order valence-corrected chi connectivity index (χ2v) is 4.45. The molecule has 0 radical (unpaired) electrons. The molecule has 1 aromatic rings. The van der Waals surface area contributed by atoms with Crippen molar-refractivity contribution >= 4 is 21.6 Å². The van der Waals surface area contributed by atoms with Gasteiger partial charge in [-0.3, -0.25) is 10.1 Å². The summed E-state index contributed by atoms with van der Waals surface area (Å²) in [6.07, 6.45) is 0. The Balaban J connectivity index is 2.76. The predicted octanol–water partition coefficient (Wildman–Crippen LogP) is 1.83. The zero-order chi connectivity index (χ0) is 12.1. The third-order valence-electron chi connectivity index (χ3n) is 2.08. The van der Waals surface area contributed by atoms with E-state index >= 15 is 0 Å². The molecule has 16 heavy (non-hydrogen) atoms. The van der Waals surface area contributed by atoms with E-state index in [-0.39, 0.29) is 18.3 Å². The number of hydrogen-bond donors (Lipinski definition) is 2. The number of benzene rings is 1. The summed E-state index contributed by atoms with van der Waals surface area (Å²) < 4.78 is 0.676. The summed E-state index contributed by atoms with van der Waals surface area (Å²) in [4.78, 5) is 10.2. The van der Waals surface area contributed by atoms with Gasteiger partial charge >= 0.3 is 0 Å². The van der Waals surface area contributed by atoms with E-state index in [1.807, 2.05) is 13.0 Å². The Hall–Kier alpha value is -0.980. The van der Waals surface area contributed by atoms with E-state index in [9.17, 15) is 10.1 Å². The van der Waals surface area contributed by atoms with Gasteiger partial charge in [-0.2, -0.15) is 0 Å². The fraction of sp³-hybridized carbons (Fsp3) is 0.400. The fourth-order valence-electron chi connectivity index (χ4n) is 1.20. The Bertz CT molecular complexity index is 384. The van der Waals surface area contributed by atoms with Crippen molar-refractivity contribution in [2.24, 2.45) is 0 Å². The normalized spacial score (nSPS) is 12.4. The van der Waals surface area contributed by atoms with Gasteiger partial charge in [0.1, 0.15) is 0 Å². The lowest BCUT2D eigenvalue weighted by Gasteiger charge is -2.10. The first kappa shape index (κ1) is 13.1. The third-order valence-corrected chi connectivity index (χ3v) is 2.54. The van der Waals surface area contributed by atoms with Gasteiger partial charge < -0.3 is 10.4 Å². The van der Waals surface area contributed by atoms with Crippen LogP contribution in [-0.2, 0) is 6.54 Å². The van der Waals surface area contributed by atoms with Crippen molar-refractivity contribution in [2.45, 2.75) is 19.5 Å². The van der Waals surface area contributed by atoms with Gasteiger partial charge in [-0.15, -0.1) is 0 Å². The maximum absolute atomic E-state index is 10.6. The van der Waals surface area contributed by atoms with Crippen molar-refractivity contribution in [1.29, 1.82) is 0 Å². The van der Waals surface area contributed by atoms with Crippen LogP contribution in [0.3, 0.4) is 0 Å². The van der Waals surface area contributed by atoms with Gasteiger partial charge in [-0.05, 0) is 18.6 Å². The van der Waals surface area contributed by atoms with Crippen molar-refractivity contribution in [2.75, 3.05) is 6.61 Å². The van der Waals surface area contributed by atoms with Crippen molar-refractivity contribution < 1.29 is 10.0 Å². The van der Waals surface area contributed by atoms with Gasteiger partial charge in [-0.25, -0.2) is 0 Å². The van der Waals surface area contributed by atoms with Crippen LogP contribution in [0.25, 0.3) is 0 Å². The number of nitrogens with zero attached hydrogens (tertiary/aromatic N) is 1. The fourth-order valence-corrected chi connectivity index (χ4v) is 1.73. The first-order valence-corrected chi connectivity index (χ1v) is 5.60. The molecular formula is C10H13BrN2O3. The van der Waals surface area contributed by atoms with Crippen molar-refractivity contribution in [3.63, 3.8) is 0 Å². The molecule has 0 aromatic heterocycles. The minimum absolute atomic E-state index is 0.0296. The smallest absolute Gasteiger partial charge is 0.270 e. The van der Waals surface area contributed by atoms with Gasteiger partial charge in [0.25, 0.3) is 5.69 Å². The zero-order valence-corrected chi connectivity index (χ0v) is 10.4. The number of rotatable bonds is 5. The Morgan fingerprint density at radius 2 is 2.25 bits per heavy atom. The van der Waals surface area contributed by atoms with E-state index in [0.29, 0.717) is 11.0 Å². The van der Waals surface area contributed by atoms with Gasteiger partial charge in [-0.1, -0.05) is 15.9 Å². The van der Waals surface area contributed by atoms with Crippen LogP contribution in [0.1, 0.15) is 12.5 Å². The van der Waals surface area contributed by atoms with E-state index < -0.39 is 4.92 Å². The Kier molecular flexibility index (Phi) is 4.85. The molecule has 1 atom stereocenters. The molecule has 0 aliphatic rings. The number of aliphatic hydroxyl groups excluding tert-OH is 1. The van der Waals surface area contributed by atoms with Crippen molar-refractivity contribution in [1.82, 2.24) is 5.32 Å². The molecule has 88 valence electrons. The second-order valence-electron chi connectivity index (χ2n) is 3.54. The summed E-state index contributed by atoms with van der Waals surface area (Å²) in [5.74, 6) is 0. The van der Waals surface area contributed by atoms with Gasteiger partial charge in [0.05, 0.1) is 11.5 Å². The molecule has 0 aliphatic heterocycles. The molecule has 0 saturated heterocycles. The number of nitro groups is 1. The summed E-state index contributed by atoms with van der Waals surface area (Å²) in [5, 5.41) is 22.5. The van der Waals surface area contributed by atoms with Crippen molar-refractivity contribution in [3.05, 3.63) is 38.3 Å². The van der Waals surface area contributed by atoms with Crippen LogP contribution in [-0.4, -0.2) is 22.7 Å². The Morgan fingerprint density at radius 3 is 2.81 bits per heavy atom. The summed E-state index contributed by atoms with van der Waals surface area (Å²) in [5.41, 5.74) is 0.865. The molecule has 2 N–H and O–H groups in total. The average Bonchev–Trinajstić information content (AvgIpc) is 2.25. The first-order valence-electron chi connectivity index (χ1n) is 4.81. The lowest BCUT2D eigenvalue weighted by Crippen LogP contribution is -2.28. The highest BCUT2D eigenvalue weighted by atomic mass is 79.9. The monoisotopic (exact) mass is 288 g/mol. The number of nitrogens with one attached hydrogen (secondary N) is 1. The minimum Gasteiger partial charge on any atom is -0.395 e. The Morgan fingerprint density at radius 1 is 1.56 bits per heavy atom. The first-order chi connectivity index (χ1) is 7.52. The molecule has 0 bridgehead atoms. The molecule has 0 heterocycles. The van der Waals surface area contributed by atoms with Crippen LogP contribution < -0.4 is 5.32 Å². The molecule has 6 heteroatoms. The third kappa shape index (κ3) is 3.88. The standard InChI is InChI=1S/C10H13BrN2O3/c1-7(6-14)12-5-8-2-9(11)4-10(3-8)13(15)16/h2-4,7,12,14H,5-6H2,1H3. The largest absolute Gasteiger partial charge is 0.395 e. The summed E-state index contributed by atoms with van der Waals surface area (Å²) >= 11 is 3.22. The second kappa shape index (κ2) is 5.93. The number of halogens is 1. The highest BCUT2D eigenvalue weighted by molar-refractivity contribution is 9.10. The van der Waals surface area contributed by atoms with E-state index in [2.05, 4.69) is 21.2 Å². The van der Waals surface area contributed by atoms with E-state index in [1.54, 1.807) is 0 Å². The van der Waals surface area contributed by atoms with Crippen molar-refractivity contribution in [3.8, 4) is 0 Å². The summed E-state index contributed by atoms with van der Waals surface area (Å²) in [6, 6.07) is 4.75. The van der Waals surface area contributed by atoms with Gasteiger partial charge in [0, 0.05) is 29.2 Å². The topological polar surface area (TPSA) is 75.4 Å². The number of nitro benzene ring substituents is 1. The minimum atomic E-state index is -0.427. The average molecular weight is 289 g/mol. The van der Waals surface area contributed by atoms with Crippen LogP contribution in [0.4, 0.5) is 5.69 Å². The van der Waals surface area contributed by atoms with E-state index in [0.717, 1.165) is 5.56 Å². The quantitative estimate of drug-likeness (QED) is 0.640. The Labute approximate surface area is 102 Å². The highest BCUT2D eigenvalue weighted by Gasteiger charge is 2.09. The van der Waals surface area contributed by atoms with Crippen LogP contribution in [0.15, 0.2) is 22.7 Å². The maximum atomic E-state index is 10.6.